The summed E-state index contributed by atoms with van der Waals surface area (Å²) in [5.74, 6) is -0.355. The van der Waals surface area contributed by atoms with Gasteiger partial charge in [-0.15, -0.1) is 11.8 Å². The first-order valence-electron chi connectivity index (χ1n) is 7.54. The minimum Gasteiger partial charge on any atom is -0.506 e. The Morgan fingerprint density at radius 3 is 2.43 bits per heavy atom. The standard InChI is InChI=1S/C16H13F6N3OS2/c1-2-27-12-5-8(15(17,18)19)7-24-13(12)14(23)25-10-6-9(3-4-11(10)26)28-16(20,21)22/h3-7,26H,2H2,1H3,(H2,23,25). The van der Waals surface area contributed by atoms with Gasteiger partial charge in [0.25, 0.3) is 0 Å². The maximum atomic E-state index is 12.9. The van der Waals surface area contributed by atoms with Gasteiger partial charge in [0, 0.05) is 16.0 Å². The van der Waals surface area contributed by atoms with Crippen LogP contribution < -0.4 is 5.73 Å². The third kappa shape index (κ3) is 5.96. The molecule has 1 aromatic heterocycles. The molecule has 0 amide bonds. The lowest BCUT2D eigenvalue weighted by Crippen LogP contribution is -2.17. The molecule has 2 aromatic rings. The molecule has 0 spiro atoms. The summed E-state index contributed by atoms with van der Waals surface area (Å²) >= 11 is 0.644. The summed E-state index contributed by atoms with van der Waals surface area (Å²) in [7, 11) is 0. The van der Waals surface area contributed by atoms with Crippen molar-refractivity contribution in [1.29, 1.82) is 0 Å². The number of rotatable bonds is 5. The lowest BCUT2D eigenvalue weighted by molar-refractivity contribution is -0.138. The number of aromatic hydroxyl groups is 1. The number of thioether (sulfide) groups is 2. The Morgan fingerprint density at radius 2 is 1.86 bits per heavy atom. The average molecular weight is 441 g/mol. The molecule has 2 rings (SSSR count). The number of aromatic nitrogens is 1. The smallest absolute Gasteiger partial charge is 0.446 e. The van der Waals surface area contributed by atoms with E-state index in [0.29, 0.717) is 11.9 Å². The van der Waals surface area contributed by atoms with Crippen molar-refractivity contribution >= 4 is 35.0 Å². The topological polar surface area (TPSA) is 71.5 Å². The molecule has 0 radical (unpaired) electrons. The molecule has 0 fully saturated rings. The average Bonchev–Trinajstić information content (AvgIpc) is 2.56. The first-order valence-corrected chi connectivity index (χ1v) is 9.34. The van der Waals surface area contributed by atoms with Crippen molar-refractivity contribution in [2.45, 2.75) is 28.4 Å². The van der Waals surface area contributed by atoms with Gasteiger partial charge in [-0.05, 0) is 41.8 Å². The molecule has 12 heteroatoms. The zero-order chi connectivity index (χ0) is 21.1. The molecule has 0 atom stereocenters. The van der Waals surface area contributed by atoms with Crippen molar-refractivity contribution in [3.05, 3.63) is 41.7 Å². The normalized spacial score (nSPS) is 13.0. The van der Waals surface area contributed by atoms with Crippen molar-refractivity contribution < 1.29 is 31.4 Å². The fourth-order valence-corrected chi connectivity index (χ4v) is 3.42. The van der Waals surface area contributed by atoms with Crippen LogP contribution in [0.1, 0.15) is 18.2 Å². The fraction of sp³-hybridized carbons (Fsp3) is 0.250. The predicted octanol–water partition coefficient (Wildman–Crippen LogP) is 5.57. The minimum absolute atomic E-state index is 0.0619. The summed E-state index contributed by atoms with van der Waals surface area (Å²) in [6, 6.07) is 3.91. The maximum absolute atomic E-state index is 12.9. The molecule has 1 heterocycles. The number of alkyl halides is 6. The molecule has 152 valence electrons. The van der Waals surface area contributed by atoms with E-state index < -0.39 is 34.8 Å². The summed E-state index contributed by atoms with van der Waals surface area (Å²) < 4.78 is 76.2. The van der Waals surface area contributed by atoms with Crippen LogP contribution in [0.2, 0.25) is 0 Å². The quantitative estimate of drug-likeness (QED) is 0.275. The molecule has 1 aromatic carbocycles. The molecule has 0 unspecified atom stereocenters. The number of phenolic OH excluding ortho intramolecular Hbond substituents is 1. The Morgan fingerprint density at radius 1 is 1.18 bits per heavy atom. The van der Waals surface area contributed by atoms with Gasteiger partial charge in [0.2, 0.25) is 0 Å². The van der Waals surface area contributed by atoms with Gasteiger partial charge in [-0.2, -0.15) is 26.3 Å². The van der Waals surface area contributed by atoms with E-state index in [1.807, 2.05) is 0 Å². The summed E-state index contributed by atoms with van der Waals surface area (Å²) in [6.45, 7) is 1.71. The van der Waals surface area contributed by atoms with Crippen LogP contribution in [-0.2, 0) is 6.18 Å². The van der Waals surface area contributed by atoms with Crippen LogP contribution in [0.4, 0.5) is 32.0 Å². The monoisotopic (exact) mass is 441 g/mol. The summed E-state index contributed by atoms with van der Waals surface area (Å²) in [5, 5.41) is 9.83. The van der Waals surface area contributed by atoms with E-state index in [1.54, 1.807) is 6.92 Å². The molecule has 28 heavy (non-hydrogen) atoms. The second-order valence-corrected chi connectivity index (χ2v) is 7.64. The van der Waals surface area contributed by atoms with Crippen LogP contribution in [-0.4, -0.2) is 27.2 Å². The lowest BCUT2D eigenvalue weighted by atomic mass is 10.2. The zero-order valence-corrected chi connectivity index (χ0v) is 15.7. The SMILES string of the molecule is CCSc1cc(C(F)(F)F)cnc1C(N)=Nc1cc(SC(F)(F)F)ccc1O. The molecule has 0 aliphatic heterocycles. The Bertz CT molecular complexity index is 884. The number of hydrogen-bond donors (Lipinski definition) is 2. The van der Waals surface area contributed by atoms with Crippen LogP contribution >= 0.6 is 23.5 Å². The van der Waals surface area contributed by atoms with Crippen molar-refractivity contribution in [3.63, 3.8) is 0 Å². The molecule has 3 N–H and O–H groups in total. The zero-order valence-electron chi connectivity index (χ0n) is 14.1. The second-order valence-electron chi connectivity index (χ2n) is 5.20. The van der Waals surface area contributed by atoms with E-state index in [0.717, 1.165) is 36.0 Å². The van der Waals surface area contributed by atoms with Gasteiger partial charge < -0.3 is 10.8 Å². The van der Waals surface area contributed by atoms with Crippen LogP contribution in [0, 0.1) is 0 Å². The number of aliphatic imine (C=N–C) groups is 1. The third-order valence-electron chi connectivity index (χ3n) is 3.14. The number of nitrogens with two attached hydrogens (primary N) is 1. The highest BCUT2D eigenvalue weighted by Crippen LogP contribution is 2.40. The number of benzene rings is 1. The van der Waals surface area contributed by atoms with Crippen LogP contribution in [0.5, 0.6) is 5.75 Å². The van der Waals surface area contributed by atoms with Gasteiger partial charge in [-0.3, -0.25) is 4.98 Å². The third-order valence-corrected chi connectivity index (χ3v) is 4.78. The lowest BCUT2D eigenvalue weighted by Gasteiger charge is -2.12. The minimum atomic E-state index is -4.60. The fourth-order valence-electron chi connectivity index (χ4n) is 2.03. The number of amidine groups is 1. The van der Waals surface area contributed by atoms with E-state index in [2.05, 4.69) is 9.98 Å². The molecule has 0 bridgehead atoms. The van der Waals surface area contributed by atoms with Crippen molar-refractivity contribution in [3.8, 4) is 5.75 Å². The molecule has 0 saturated heterocycles. The second kappa shape index (κ2) is 8.52. The summed E-state index contributed by atoms with van der Waals surface area (Å²) in [5.41, 5.74) is -0.0133. The number of halogens is 6. The summed E-state index contributed by atoms with van der Waals surface area (Å²) in [6.07, 6.45) is -4.00. The Labute approximate surface area is 164 Å². The Balaban J connectivity index is 2.46. The number of hydrogen-bond acceptors (Lipinski definition) is 5. The van der Waals surface area contributed by atoms with Crippen molar-refractivity contribution in [2.24, 2.45) is 10.7 Å². The molecule has 0 aliphatic carbocycles. The highest BCUT2D eigenvalue weighted by Gasteiger charge is 2.32. The highest BCUT2D eigenvalue weighted by molar-refractivity contribution is 8.00. The molecule has 4 nitrogen and oxygen atoms in total. The van der Waals surface area contributed by atoms with Gasteiger partial charge in [0.15, 0.2) is 5.84 Å². The Hall–Kier alpha value is -2.08. The Kier molecular flexibility index (Phi) is 6.75. The van der Waals surface area contributed by atoms with Crippen LogP contribution in [0.15, 0.2) is 45.2 Å². The number of phenols is 1. The van der Waals surface area contributed by atoms with Crippen LogP contribution in [0.3, 0.4) is 0 Å². The maximum Gasteiger partial charge on any atom is 0.446 e. The number of pyridine rings is 1. The van der Waals surface area contributed by atoms with Gasteiger partial charge in [-0.1, -0.05) is 6.92 Å². The van der Waals surface area contributed by atoms with Crippen LogP contribution in [0.25, 0.3) is 0 Å². The van der Waals surface area contributed by atoms with E-state index in [1.165, 1.54) is 0 Å². The van der Waals surface area contributed by atoms with Gasteiger partial charge in [0.05, 0.1) is 5.56 Å². The molecule has 0 aliphatic rings. The van der Waals surface area contributed by atoms with E-state index in [9.17, 15) is 31.4 Å². The highest BCUT2D eigenvalue weighted by atomic mass is 32.2. The number of nitrogens with zero attached hydrogens (tertiary/aromatic N) is 2. The van der Waals surface area contributed by atoms with E-state index in [-0.39, 0.29) is 27.0 Å². The predicted molar refractivity (Wildman–Crippen MR) is 96.0 cm³/mol. The van der Waals surface area contributed by atoms with E-state index in [4.69, 9.17) is 5.73 Å². The van der Waals surface area contributed by atoms with Gasteiger partial charge in [-0.25, -0.2) is 4.99 Å². The molecule has 0 saturated carbocycles. The first kappa shape index (κ1) is 22.2. The van der Waals surface area contributed by atoms with Gasteiger partial charge >= 0.3 is 11.7 Å². The van der Waals surface area contributed by atoms with Gasteiger partial charge in [0.1, 0.15) is 17.1 Å². The largest absolute Gasteiger partial charge is 0.506 e. The van der Waals surface area contributed by atoms with E-state index >= 15 is 0 Å². The van der Waals surface area contributed by atoms with Crippen molar-refractivity contribution in [2.75, 3.05) is 5.75 Å². The van der Waals surface area contributed by atoms with Crippen molar-refractivity contribution in [1.82, 2.24) is 4.98 Å². The first-order chi connectivity index (χ1) is 12.9. The summed E-state index contributed by atoms with van der Waals surface area (Å²) in [4.78, 5) is 7.44. The molecular formula is C16H13F6N3OS2. The molecular weight excluding hydrogens is 428 g/mol.